The van der Waals surface area contributed by atoms with Crippen molar-refractivity contribution < 1.29 is 30.8 Å². The molecule has 28 heavy (non-hydrogen) atoms. The molecule has 0 saturated carbocycles. The van der Waals surface area contributed by atoms with Crippen LogP contribution in [0.25, 0.3) is 21.7 Å². The molecule has 1 aromatic heterocycles. The summed E-state index contributed by atoms with van der Waals surface area (Å²) in [4.78, 5) is 15.4. The van der Waals surface area contributed by atoms with E-state index in [9.17, 15) is 30.8 Å². The normalized spacial score (nSPS) is 12.2. The first-order chi connectivity index (χ1) is 13.0. The predicted octanol–water partition coefficient (Wildman–Crippen LogP) is 4.76. The van der Waals surface area contributed by atoms with Crippen LogP contribution >= 0.6 is 11.3 Å². The summed E-state index contributed by atoms with van der Waals surface area (Å²) in [5.74, 6) is -2.70. The third-order valence-electron chi connectivity index (χ3n) is 3.73. The third kappa shape index (κ3) is 3.97. The molecule has 0 aliphatic carbocycles. The number of aromatic nitrogens is 1. The topological polar surface area (TPSA) is 64.1 Å². The predicted molar refractivity (Wildman–Crippen MR) is 96.4 cm³/mol. The van der Waals surface area contributed by atoms with Gasteiger partial charge in [-0.3, -0.25) is 4.79 Å². The maximum absolute atomic E-state index is 13.2. The van der Waals surface area contributed by atoms with Gasteiger partial charge in [0, 0.05) is 17.4 Å². The van der Waals surface area contributed by atoms with Crippen LogP contribution in [0.15, 0.2) is 53.4 Å². The number of benzene rings is 2. The van der Waals surface area contributed by atoms with E-state index in [0.29, 0.717) is 11.3 Å². The molecule has 4 nitrogen and oxygen atoms in total. The van der Waals surface area contributed by atoms with Crippen LogP contribution in [0.1, 0.15) is 9.80 Å². The number of carbonyl (C=O) groups is 1. The Kier molecular flexibility index (Phi) is 5.11. The molecule has 0 unspecified atom stereocenters. The number of thiazole rings is 1. The lowest BCUT2D eigenvalue weighted by atomic mass is 10.1. The number of halogens is 4. The SMILES string of the molecule is CS(=O)(=O)c1ccccc1-c1sc(C(=O)C(F)(F)F)nc1-c1ccc(F)cc1. The van der Waals surface area contributed by atoms with Gasteiger partial charge >= 0.3 is 6.18 Å². The van der Waals surface area contributed by atoms with Crippen LogP contribution in [-0.2, 0) is 9.84 Å². The first kappa shape index (κ1) is 20.2. The Bertz CT molecular complexity index is 1150. The average Bonchev–Trinajstić information content (AvgIpc) is 3.05. The molecule has 3 aromatic rings. The fourth-order valence-electron chi connectivity index (χ4n) is 2.50. The Morgan fingerprint density at radius 1 is 1.04 bits per heavy atom. The second-order valence-corrected chi connectivity index (χ2v) is 8.78. The largest absolute Gasteiger partial charge is 0.457 e. The minimum absolute atomic E-state index is 0.0336. The lowest BCUT2D eigenvalue weighted by Crippen LogP contribution is -2.22. The standard InChI is InChI=1S/C18H11F4NO3S2/c1-28(25,26)13-5-3-2-4-12(13)15-14(10-6-8-11(19)9-7-10)23-17(27-15)16(24)18(20,21)22/h2-9H,1H3. The first-order valence-corrected chi connectivity index (χ1v) is 10.4. The monoisotopic (exact) mass is 429 g/mol. The molecule has 0 fully saturated rings. The molecule has 2 aromatic carbocycles. The summed E-state index contributed by atoms with van der Waals surface area (Å²) < 4.78 is 76.1. The van der Waals surface area contributed by atoms with Crippen LogP contribution in [0.3, 0.4) is 0 Å². The Morgan fingerprint density at radius 2 is 1.64 bits per heavy atom. The second kappa shape index (κ2) is 7.10. The van der Waals surface area contributed by atoms with E-state index in [0.717, 1.165) is 18.4 Å². The van der Waals surface area contributed by atoms with E-state index < -0.39 is 32.6 Å². The quantitative estimate of drug-likeness (QED) is 0.443. The fraction of sp³-hybridized carbons (Fsp3) is 0.111. The van der Waals surface area contributed by atoms with Crippen LogP contribution in [0.4, 0.5) is 17.6 Å². The van der Waals surface area contributed by atoms with Gasteiger partial charge in [-0.15, -0.1) is 11.3 Å². The second-order valence-electron chi connectivity index (χ2n) is 5.80. The third-order valence-corrected chi connectivity index (χ3v) is 5.97. The molecule has 0 N–H and O–H groups in total. The van der Waals surface area contributed by atoms with Gasteiger partial charge in [-0.25, -0.2) is 17.8 Å². The van der Waals surface area contributed by atoms with Crippen LogP contribution in [0.5, 0.6) is 0 Å². The molecule has 0 aliphatic heterocycles. The van der Waals surface area contributed by atoms with Crippen LogP contribution in [0.2, 0.25) is 0 Å². The van der Waals surface area contributed by atoms with Gasteiger partial charge < -0.3 is 0 Å². The molecule has 146 valence electrons. The van der Waals surface area contributed by atoms with Crippen molar-refractivity contribution in [3.05, 3.63) is 59.4 Å². The maximum atomic E-state index is 13.2. The van der Waals surface area contributed by atoms with E-state index >= 15 is 0 Å². The summed E-state index contributed by atoms with van der Waals surface area (Å²) in [5, 5.41) is -0.829. The van der Waals surface area contributed by atoms with Crippen LogP contribution < -0.4 is 0 Å². The molecule has 0 bridgehead atoms. The zero-order valence-corrected chi connectivity index (χ0v) is 15.8. The summed E-state index contributed by atoms with van der Waals surface area (Å²) in [6.45, 7) is 0. The van der Waals surface area contributed by atoms with Crippen molar-refractivity contribution in [1.29, 1.82) is 0 Å². The van der Waals surface area contributed by atoms with Gasteiger partial charge in [0.25, 0.3) is 5.78 Å². The van der Waals surface area contributed by atoms with Gasteiger partial charge in [-0.2, -0.15) is 13.2 Å². The Hall–Kier alpha value is -2.59. The van der Waals surface area contributed by atoms with E-state index in [1.165, 1.54) is 36.4 Å². The van der Waals surface area contributed by atoms with E-state index in [-0.39, 0.29) is 26.6 Å². The highest BCUT2D eigenvalue weighted by molar-refractivity contribution is 7.90. The highest BCUT2D eigenvalue weighted by atomic mass is 32.2. The van der Waals surface area contributed by atoms with Crippen molar-refractivity contribution in [2.24, 2.45) is 0 Å². The van der Waals surface area contributed by atoms with E-state index in [2.05, 4.69) is 4.98 Å². The maximum Gasteiger partial charge on any atom is 0.457 e. The Morgan fingerprint density at radius 3 is 2.21 bits per heavy atom. The Balaban J connectivity index is 2.30. The summed E-state index contributed by atoms with van der Waals surface area (Å²) in [6.07, 6.45) is -4.17. The number of ketones is 1. The number of Topliss-reactive ketones (excluding diaryl/α,β-unsaturated/α-hetero) is 1. The van der Waals surface area contributed by atoms with Crippen LogP contribution in [0, 0.1) is 5.82 Å². The molecule has 10 heteroatoms. The molecule has 3 rings (SSSR count). The van der Waals surface area contributed by atoms with Crippen LogP contribution in [-0.4, -0.2) is 31.6 Å². The average molecular weight is 429 g/mol. The molecule has 0 spiro atoms. The molecule has 0 radical (unpaired) electrons. The van der Waals surface area contributed by atoms with Gasteiger partial charge in [0.15, 0.2) is 14.8 Å². The van der Waals surface area contributed by atoms with E-state index in [1.54, 1.807) is 0 Å². The fourth-order valence-corrected chi connectivity index (χ4v) is 4.55. The molecule has 1 heterocycles. The number of hydrogen-bond donors (Lipinski definition) is 0. The molecule has 0 amide bonds. The molecule has 0 atom stereocenters. The zero-order chi connectivity index (χ0) is 20.7. The number of rotatable bonds is 4. The minimum Gasteiger partial charge on any atom is -0.281 e. The number of nitrogens with zero attached hydrogens (tertiary/aromatic N) is 1. The molecular weight excluding hydrogens is 418 g/mol. The molecular formula is C18H11F4NO3S2. The van der Waals surface area contributed by atoms with Crippen molar-refractivity contribution in [2.45, 2.75) is 11.1 Å². The zero-order valence-electron chi connectivity index (χ0n) is 14.1. The number of sulfone groups is 1. The van der Waals surface area contributed by atoms with E-state index in [1.807, 2.05) is 0 Å². The Labute approximate surface area is 161 Å². The van der Waals surface area contributed by atoms with Gasteiger partial charge in [-0.05, 0) is 30.3 Å². The molecule has 0 aliphatic rings. The number of hydrogen-bond acceptors (Lipinski definition) is 5. The lowest BCUT2D eigenvalue weighted by molar-refractivity contribution is -0.0885. The molecule has 0 saturated heterocycles. The van der Waals surface area contributed by atoms with Crippen molar-refractivity contribution in [2.75, 3.05) is 6.26 Å². The van der Waals surface area contributed by atoms with Gasteiger partial charge in [0.1, 0.15) is 5.82 Å². The summed E-state index contributed by atoms with van der Waals surface area (Å²) in [7, 11) is -3.71. The summed E-state index contributed by atoms with van der Waals surface area (Å²) in [5.41, 5.74) is 0.328. The first-order valence-electron chi connectivity index (χ1n) is 7.66. The number of carbonyl (C=O) groups excluding carboxylic acids is 1. The smallest absolute Gasteiger partial charge is 0.281 e. The van der Waals surface area contributed by atoms with Crippen molar-refractivity contribution >= 4 is 27.0 Å². The summed E-state index contributed by atoms with van der Waals surface area (Å²) >= 11 is 0.438. The highest BCUT2D eigenvalue weighted by Crippen LogP contribution is 2.41. The van der Waals surface area contributed by atoms with Gasteiger partial charge in [-0.1, -0.05) is 18.2 Å². The van der Waals surface area contributed by atoms with Gasteiger partial charge in [0.2, 0.25) is 0 Å². The van der Waals surface area contributed by atoms with Crippen molar-refractivity contribution in [3.8, 4) is 21.7 Å². The highest BCUT2D eigenvalue weighted by Gasteiger charge is 2.42. The van der Waals surface area contributed by atoms with E-state index in [4.69, 9.17) is 0 Å². The summed E-state index contributed by atoms with van der Waals surface area (Å²) in [6, 6.07) is 10.5. The van der Waals surface area contributed by atoms with Crippen molar-refractivity contribution in [1.82, 2.24) is 4.98 Å². The lowest BCUT2D eigenvalue weighted by Gasteiger charge is -2.08. The minimum atomic E-state index is -5.13. The van der Waals surface area contributed by atoms with Crippen molar-refractivity contribution in [3.63, 3.8) is 0 Å². The number of alkyl halides is 3. The van der Waals surface area contributed by atoms with Gasteiger partial charge in [0.05, 0.1) is 15.5 Å².